The van der Waals surface area contributed by atoms with Crippen molar-refractivity contribution in [2.75, 3.05) is 16.8 Å². The van der Waals surface area contributed by atoms with Crippen molar-refractivity contribution in [3.63, 3.8) is 0 Å². The summed E-state index contributed by atoms with van der Waals surface area (Å²) in [6.45, 7) is 1.20. The van der Waals surface area contributed by atoms with Gasteiger partial charge in [-0.05, 0) is 27.9 Å². The molecule has 1 aliphatic rings. The van der Waals surface area contributed by atoms with Crippen LogP contribution < -0.4 is 16.0 Å². The van der Waals surface area contributed by atoms with E-state index in [0.717, 1.165) is 14.9 Å². The van der Waals surface area contributed by atoms with Crippen LogP contribution in [0.1, 0.15) is 31.2 Å². The zero-order valence-electron chi connectivity index (χ0n) is 14.8. The van der Waals surface area contributed by atoms with E-state index in [1.807, 2.05) is 4.90 Å². The Kier molecular flexibility index (Phi) is 4.85. The standard InChI is InChI=1S/C17H16BrN7O2S/c1-24-7-9(4-22-24)15(27)23-16-13(14(19)26)11-2-3-25(8-12(11)28-16)17-20-5-10(18)6-21-17/h4-7H,2-3,8H2,1H3,(H2,19,26)(H,23,27). The van der Waals surface area contributed by atoms with Gasteiger partial charge in [0.05, 0.1) is 28.3 Å². The lowest BCUT2D eigenvalue weighted by molar-refractivity contribution is 0.100. The Morgan fingerprint density at radius 1 is 1.29 bits per heavy atom. The van der Waals surface area contributed by atoms with Crippen LogP contribution in [-0.4, -0.2) is 38.1 Å². The van der Waals surface area contributed by atoms with Crippen LogP contribution in [0, 0.1) is 0 Å². The Morgan fingerprint density at radius 3 is 2.68 bits per heavy atom. The van der Waals surface area contributed by atoms with Crippen molar-refractivity contribution < 1.29 is 9.59 Å². The quantitative estimate of drug-likeness (QED) is 0.612. The van der Waals surface area contributed by atoms with Gasteiger partial charge in [-0.1, -0.05) is 0 Å². The first-order chi connectivity index (χ1) is 13.4. The molecule has 2 amide bonds. The van der Waals surface area contributed by atoms with Gasteiger partial charge >= 0.3 is 0 Å². The van der Waals surface area contributed by atoms with Crippen LogP contribution in [-0.2, 0) is 20.0 Å². The molecular weight excluding hydrogens is 446 g/mol. The van der Waals surface area contributed by atoms with Gasteiger partial charge < -0.3 is 16.0 Å². The Hall–Kier alpha value is -2.79. The van der Waals surface area contributed by atoms with E-state index in [1.165, 1.54) is 17.5 Å². The van der Waals surface area contributed by atoms with Crippen molar-refractivity contribution in [3.05, 3.63) is 50.8 Å². The number of amides is 2. The van der Waals surface area contributed by atoms with Crippen molar-refractivity contribution in [2.45, 2.75) is 13.0 Å². The first-order valence-electron chi connectivity index (χ1n) is 8.39. The lowest BCUT2D eigenvalue weighted by atomic mass is 10.0. The molecule has 0 fully saturated rings. The third kappa shape index (κ3) is 3.50. The van der Waals surface area contributed by atoms with Crippen LogP contribution in [0.2, 0.25) is 0 Å². The third-order valence-electron chi connectivity index (χ3n) is 4.39. The highest BCUT2D eigenvalue weighted by Gasteiger charge is 2.29. The third-order valence-corrected chi connectivity index (χ3v) is 5.93. The van der Waals surface area contributed by atoms with Gasteiger partial charge in [0.1, 0.15) is 5.00 Å². The van der Waals surface area contributed by atoms with Gasteiger partial charge in [-0.2, -0.15) is 5.10 Å². The Balaban J connectivity index is 1.62. The van der Waals surface area contributed by atoms with Gasteiger partial charge in [-0.25, -0.2) is 9.97 Å². The number of hydrogen-bond acceptors (Lipinski definition) is 7. The summed E-state index contributed by atoms with van der Waals surface area (Å²) < 4.78 is 2.35. The summed E-state index contributed by atoms with van der Waals surface area (Å²) in [5, 5.41) is 7.27. The molecule has 0 radical (unpaired) electrons. The molecule has 0 aliphatic carbocycles. The SMILES string of the molecule is Cn1cc(C(=O)Nc2sc3c(c2C(N)=O)CCN(c2ncc(Br)cn2)C3)cn1. The van der Waals surface area contributed by atoms with Crippen molar-refractivity contribution in [3.8, 4) is 0 Å². The zero-order chi connectivity index (χ0) is 19.8. The van der Waals surface area contributed by atoms with E-state index in [1.54, 1.807) is 30.3 Å². The lowest BCUT2D eigenvalue weighted by Gasteiger charge is -2.27. The number of nitrogens with one attached hydrogen (secondary N) is 1. The molecule has 0 aromatic carbocycles. The van der Waals surface area contributed by atoms with Gasteiger partial charge in [0.25, 0.3) is 11.8 Å². The number of hydrogen-bond donors (Lipinski definition) is 2. The molecule has 9 nitrogen and oxygen atoms in total. The summed E-state index contributed by atoms with van der Waals surface area (Å²) in [5.41, 5.74) is 7.30. The highest BCUT2D eigenvalue weighted by molar-refractivity contribution is 9.10. The molecule has 0 unspecified atom stereocenters. The molecule has 0 saturated heterocycles. The fourth-order valence-electron chi connectivity index (χ4n) is 3.11. The second kappa shape index (κ2) is 7.32. The molecule has 144 valence electrons. The second-order valence-electron chi connectivity index (χ2n) is 6.30. The van der Waals surface area contributed by atoms with E-state index >= 15 is 0 Å². The summed E-state index contributed by atoms with van der Waals surface area (Å²) in [6, 6.07) is 0. The molecular formula is C17H16BrN7O2S. The average molecular weight is 462 g/mol. The smallest absolute Gasteiger partial charge is 0.259 e. The Bertz CT molecular complexity index is 1060. The van der Waals surface area contributed by atoms with Crippen molar-refractivity contribution in [1.29, 1.82) is 0 Å². The van der Waals surface area contributed by atoms with E-state index in [0.29, 0.717) is 41.6 Å². The number of thiophene rings is 1. The summed E-state index contributed by atoms with van der Waals surface area (Å²) in [5.74, 6) is -0.265. The molecule has 3 aromatic heterocycles. The predicted octanol–water partition coefficient (Wildman–Crippen LogP) is 1.95. The van der Waals surface area contributed by atoms with Crippen LogP contribution in [0.15, 0.2) is 29.3 Å². The minimum atomic E-state index is -0.549. The summed E-state index contributed by atoms with van der Waals surface area (Å²) >= 11 is 4.68. The Labute approximate surface area is 172 Å². The van der Waals surface area contributed by atoms with E-state index in [4.69, 9.17) is 5.73 Å². The molecule has 1 aliphatic heterocycles. The molecule has 3 N–H and O–H groups in total. The maximum absolute atomic E-state index is 12.5. The molecule has 4 rings (SSSR count). The minimum absolute atomic E-state index is 0.331. The number of nitrogens with zero attached hydrogens (tertiary/aromatic N) is 5. The predicted molar refractivity (Wildman–Crippen MR) is 108 cm³/mol. The number of nitrogens with two attached hydrogens (primary N) is 1. The van der Waals surface area contributed by atoms with Crippen molar-refractivity contribution in [2.24, 2.45) is 12.8 Å². The van der Waals surface area contributed by atoms with Crippen LogP contribution in [0.4, 0.5) is 10.9 Å². The Morgan fingerprint density at radius 2 is 2.04 bits per heavy atom. The number of halogens is 1. The van der Waals surface area contributed by atoms with Gasteiger partial charge in [0, 0.05) is 37.1 Å². The second-order valence-corrected chi connectivity index (χ2v) is 8.32. The average Bonchev–Trinajstić information content (AvgIpc) is 3.25. The zero-order valence-corrected chi connectivity index (χ0v) is 17.2. The first-order valence-corrected chi connectivity index (χ1v) is 10.00. The van der Waals surface area contributed by atoms with E-state index in [9.17, 15) is 9.59 Å². The van der Waals surface area contributed by atoms with E-state index in [-0.39, 0.29) is 5.91 Å². The largest absolute Gasteiger partial charge is 0.365 e. The molecule has 11 heteroatoms. The molecule has 0 atom stereocenters. The lowest BCUT2D eigenvalue weighted by Crippen LogP contribution is -2.31. The number of anilines is 2. The number of aryl methyl sites for hydroxylation is 1. The van der Waals surface area contributed by atoms with Crippen molar-refractivity contribution >= 4 is 50.0 Å². The highest BCUT2D eigenvalue weighted by atomic mass is 79.9. The normalized spacial score (nSPS) is 13.3. The van der Waals surface area contributed by atoms with E-state index < -0.39 is 5.91 Å². The topological polar surface area (TPSA) is 119 Å². The van der Waals surface area contributed by atoms with Crippen LogP contribution in [0.3, 0.4) is 0 Å². The number of carbonyl (C=O) groups excluding carboxylic acids is 2. The maximum atomic E-state index is 12.5. The minimum Gasteiger partial charge on any atom is -0.365 e. The van der Waals surface area contributed by atoms with Crippen LogP contribution in [0.25, 0.3) is 0 Å². The fourth-order valence-corrected chi connectivity index (χ4v) is 4.57. The van der Waals surface area contributed by atoms with Gasteiger partial charge in [0.2, 0.25) is 5.95 Å². The molecule has 28 heavy (non-hydrogen) atoms. The van der Waals surface area contributed by atoms with E-state index in [2.05, 4.69) is 36.3 Å². The number of fused-ring (bicyclic) bond motifs is 1. The molecule has 0 bridgehead atoms. The van der Waals surface area contributed by atoms with Crippen LogP contribution >= 0.6 is 27.3 Å². The van der Waals surface area contributed by atoms with Gasteiger partial charge in [0.15, 0.2) is 0 Å². The summed E-state index contributed by atoms with van der Waals surface area (Å²) in [4.78, 5) is 36.2. The number of carbonyl (C=O) groups is 2. The highest BCUT2D eigenvalue weighted by Crippen LogP contribution is 2.37. The van der Waals surface area contributed by atoms with Crippen LogP contribution in [0.5, 0.6) is 0 Å². The number of rotatable bonds is 4. The van der Waals surface area contributed by atoms with Gasteiger partial charge in [-0.3, -0.25) is 14.3 Å². The fraction of sp³-hybridized carbons (Fsp3) is 0.235. The first kappa shape index (κ1) is 18.6. The molecule has 0 spiro atoms. The number of aromatic nitrogens is 4. The summed E-state index contributed by atoms with van der Waals surface area (Å²) in [6.07, 6.45) is 7.09. The number of primary amides is 1. The van der Waals surface area contributed by atoms with Gasteiger partial charge in [-0.15, -0.1) is 11.3 Å². The maximum Gasteiger partial charge on any atom is 0.259 e. The van der Waals surface area contributed by atoms with Crippen molar-refractivity contribution in [1.82, 2.24) is 19.7 Å². The summed E-state index contributed by atoms with van der Waals surface area (Å²) in [7, 11) is 1.73. The molecule has 3 aromatic rings. The monoisotopic (exact) mass is 461 g/mol. The molecule has 4 heterocycles. The molecule has 0 saturated carbocycles.